The highest BCUT2D eigenvalue weighted by molar-refractivity contribution is 5.63. The lowest BCUT2D eigenvalue weighted by Gasteiger charge is -2.32. The highest BCUT2D eigenvalue weighted by Gasteiger charge is 2.17. The second-order valence-corrected chi connectivity index (χ2v) is 10.9. The van der Waals surface area contributed by atoms with E-state index in [0.29, 0.717) is 54.1 Å². The summed E-state index contributed by atoms with van der Waals surface area (Å²) in [5.74, 6) is 0.953. The third kappa shape index (κ3) is 10.8. The Balaban J connectivity index is 3.55. The minimum absolute atomic E-state index is 0.318. The highest BCUT2D eigenvalue weighted by atomic mass is 15.3. The van der Waals surface area contributed by atoms with Crippen LogP contribution < -0.4 is 0 Å². The zero-order chi connectivity index (χ0) is 29.5. The number of nitrogens with zero attached hydrogens (tertiary/aromatic N) is 9. The Morgan fingerprint density at radius 2 is 0.615 bits per heavy atom. The lowest BCUT2D eigenvalue weighted by molar-refractivity contribution is 0.259. The van der Waals surface area contributed by atoms with Gasteiger partial charge < -0.3 is 14.7 Å². The van der Waals surface area contributed by atoms with Gasteiger partial charge in [0.2, 0.25) is 0 Å². The van der Waals surface area contributed by atoms with Crippen molar-refractivity contribution in [2.75, 3.05) is 0 Å². The second-order valence-electron chi connectivity index (χ2n) is 10.9. The first-order valence-electron chi connectivity index (χ1n) is 15.3. The molecule has 0 aliphatic rings. The maximum Gasteiger partial charge on any atom is 0.257 e. The zero-order valence-corrected chi connectivity index (χ0v) is 27.0. The molecule has 6 unspecified atom stereocenters. The van der Waals surface area contributed by atoms with Gasteiger partial charge in [-0.2, -0.15) is 15.0 Å². The van der Waals surface area contributed by atoms with E-state index in [1.165, 1.54) is 0 Å². The third-order valence-corrected chi connectivity index (χ3v) is 8.12. The topological polar surface area (TPSA) is 85.5 Å². The molecule has 0 amide bonds. The molecule has 9 nitrogen and oxygen atoms in total. The summed E-state index contributed by atoms with van der Waals surface area (Å²) >= 11 is 0. The Morgan fingerprint density at radius 3 is 0.769 bits per heavy atom. The van der Waals surface area contributed by atoms with Gasteiger partial charge in [-0.3, -0.25) is 0 Å². The predicted molar refractivity (Wildman–Crippen MR) is 168 cm³/mol. The standard InChI is InChI=1S/C30H57N9/c1-13-22(7)37(23(8)14-2)19-31-28-34-29(32-20-38(24(9)15-3)25(10)16-4)36-30(35-28)33-21-39(26(11)17-5)27(12)18-6/h19-27H,13-18H2,1-12H3. The number of aromatic nitrogens is 3. The molecule has 0 saturated carbocycles. The van der Waals surface area contributed by atoms with Gasteiger partial charge in [0.1, 0.15) is 0 Å². The Kier molecular flexibility index (Phi) is 15.8. The van der Waals surface area contributed by atoms with Crippen molar-refractivity contribution in [2.24, 2.45) is 15.0 Å². The van der Waals surface area contributed by atoms with E-state index >= 15 is 0 Å². The van der Waals surface area contributed by atoms with Gasteiger partial charge in [-0.15, -0.1) is 0 Å². The van der Waals surface area contributed by atoms with Crippen LogP contribution in [0.1, 0.15) is 122 Å². The monoisotopic (exact) mass is 543 g/mol. The fourth-order valence-electron chi connectivity index (χ4n) is 4.12. The van der Waals surface area contributed by atoms with Gasteiger partial charge in [-0.25, -0.2) is 15.0 Å². The van der Waals surface area contributed by atoms with Crippen LogP contribution in [-0.2, 0) is 0 Å². The van der Waals surface area contributed by atoms with Crippen LogP contribution in [0.15, 0.2) is 15.0 Å². The number of aliphatic imine (C=N–C) groups is 3. The van der Waals surface area contributed by atoms with E-state index in [9.17, 15) is 0 Å². The molecule has 0 fully saturated rings. The second kappa shape index (κ2) is 17.9. The summed E-state index contributed by atoms with van der Waals surface area (Å²) in [6, 6.07) is 2.17. The lowest BCUT2D eigenvalue weighted by atomic mass is 10.1. The van der Waals surface area contributed by atoms with Crippen molar-refractivity contribution >= 4 is 36.9 Å². The lowest BCUT2D eigenvalue weighted by Crippen LogP contribution is -2.38. The summed E-state index contributed by atoms with van der Waals surface area (Å²) in [6.45, 7) is 26.4. The van der Waals surface area contributed by atoms with Crippen LogP contribution in [0, 0.1) is 0 Å². The third-order valence-electron chi connectivity index (χ3n) is 8.12. The molecule has 9 heteroatoms. The molecule has 1 aromatic heterocycles. The molecule has 0 aromatic carbocycles. The molecule has 6 atom stereocenters. The van der Waals surface area contributed by atoms with Crippen molar-refractivity contribution in [2.45, 2.75) is 158 Å². The van der Waals surface area contributed by atoms with E-state index < -0.39 is 0 Å². The van der Waals surface area contributed by atoms with Crippen molar-refractivity contribution in [3.05, 3.63) is 0 Å². The first-order chi connectivity index (χ1) is 18.6. The van der Waals surface area contributed by atoms with Gasteiger partial charge in [-0.1, -0.05) is 41.5 Å². The molecule has 0 spiro atoms. The van der Waals surface area contributed by atoms with Gasteiger partial charge in [0.15, 0.2) is 0 Å². The largest absolute Gasteiger partial charge is 0.357 e. The van der Waals surface area contributed by atoms with Gasteiger partial charge in [-0.05, 0) is 80.1 Å². The normalized spacial score (nSPS) is 16.9. The molecular formula is C30H57N9. The SMILES string of the molecule is CCC(C)N(C=Nc1nc(N=CN(C(C)CC)C(C)CC)nc(N=CN(C(C)CC)C(C)CC)n1)C(C)CC. The average molecular weight is 544 g/mol. The summed E-state index contributed by atoms with van der Waals surface area (Å²) in [6.07, 6.45) is 11.8. The summed E-state index contributed by atoms with van der Waals surface area (Å²) in [7, 11) is 0. The van der Waals surface area contributed by atoms with Crippen molar-refractivity contribution in [1.82, 2.24) is 29.7 Å². The maximum atomic E-state index is 4.69. The molecule has 39 heavy (non-hydrogen) atoms. The van der Waals surface area contributed by atoms with Crippen molar-refractivity contribution < 1.29 is 0 Å². The van der Waals surface area contributed by atoms with Gasteiger partial charge >= 0.3 is 0 Å². The van der Waals surface area contributed by atoms with Crippen LogP contribution in [0.4, 0.5) is 17.8 Å². The van der Waals surface area contributed by atoms with Gasteiger partial charge in [0, 0.05) is 36.3 Å². The molecule has 222 valence electrons. The van der Waals surface area contributed by atoms with Crippen LogP contribution in [0.25, 0.3) is 0 Å². The maximum absolute atomic E-state index is 4.69. The van der Waals surface area contributed by atoms with Crippen LogP contribution in [0.5, 0.6) is 0 Å². The van der Waals surface area contributed by atoms with Crippen LogP contribution >= 0.6 is 0 Å². The molecule has 0 aliphatic carbocycles. The summed E-state index contributed by atoms with van der Waals surface area (Å²) in [5.41, 5.74) is 0. The van der Waals surface area contributed by atoms with Crippen LogP contribution in [-0.4, -0.2) is 84.9 Å². The minimum Gasteiger partial charge on any atom is -0.357 e. The molecule has 0 saturated heterocycles. The van der Waals surface area contributed by atoms with E-state index in [-0.39, 0.29) is 0 Å². The molecule has 0 radical (unpaired) electrons. The van der Waals surface area contributed by atoms with E-state index in [4.69, 9.17) is 0 Å². The predicted octanol–water partition coefficient (Wildman–Crippen LogP) is 7.55. The van der Waals surface area contributed by atoms with Crippen molar-refractivity contribution in [3.8, 4) is 0 Å². The Morgan fingerprint density at radius 1 is 0.436 bits per heavy atom. The highest BCUT2D eigenvalue weighted by Crippen LogP contribution is 2.19. The van der Waals surface area contributed by atoms with Crippen LogP contribution in [0.2, 0.25) is 0 Å². The Hall–Kier alpha value is -2.58. The smallest absolute Gasteiger partial charge is 0.257 e. The molecular weight excluding hydrogens is 486 g/mol. The van der Waals surface area contributed by atoms with E-state index in [1.54, 1.807) is 0 Å². The Bertz CT molecular complexity index is 744. The molecule has 1 rings (SSSR count). The first kappa shape index (κ1) is 34.4. The van der Waals surface area contributed by atoms with Gasteiger partial charge in [0.05, 0.1) is 19.0 Å². The summed E-state index contributed by atoms with van der Waals surface area (Å²) in [4.78, 5) is 34.7. The molecule has 0 bridgehead atoms. The number of hydrogen-bond acceptors (Lipinski definition) is 6. The molecule has 1 heterocycles. The Labute approximate surface area is 239 Å². The minimum atomic E-state index is 0.318. The van der Waals surface area contributed by atoms with Crippen LogP contribution in [0.3, 0.4) is 0 Å². The first-order valence-corrected chi connectivity index (χ1v) is 15.3. The van der Waals surface area contributed by atoms with Crippen molar-refractivity contribution in [1.29, 1.82) is 0 Å². The van der Waals surface area contributed by atoms with Gasteiger partial charge in [0.25, 0.3) is 17.8 Å². The van der Waals surface area contributed by atoms with E-state index in [1.807, 2.05) is 19.0 Å². The molecule has 0 aliphatic heterocycles. The fourth-order valence-corrected chi connectivity index (χ4v) is 4.12. The molecule has 1 aromatic rings. The summed E-state index contributed by atoms with van der Waals surface area (Å²) in [5, 5.41) is 0. The number of rotatable bonds is 18. The van der Waals surface area contributed by atoms with E-state index in [0.717, 1.165) is 38.5 Å². The van der Waals surface area contributed by atoms with Crippen molar-refractivity contribution in [3.63, 3.8) is 0 Å². The zero-order valence-electron chi connectivity index (χ0n) is 27.0. The quantitative estimate of drug-likeness (QED) is 0.140. The average Bonchev–Trinajstić information content (AvgIpc) is 2.95. The summed E-state index contributed by atoms with van der Waals surface area (Å²) < 4.78 is 0. The molecule has 0 N–H and O–H groups in total. The fraction of sp³-hybridized carbons (Fsp3) is 0.800. The number of hydrogen-bond donors (Lipinski definition) is 0. The van der Waals surface area contributed by atoms with E-state index in [2.05, 4.69) is 128 Å².